The first-order valence-electron chi connectivity index (χ1n) is 5.71. The number of hydrogen-bond donors (Lipinski definition) is 1. The molecule has 0 aromatic carbocycles. The molecule has 102 valence electrons. The molecule has 0 unspecified atom stereocenters. The first-order valence-corrected chi connectivity index (χ1v) is 6.08. The summed E-state index contributed by atoms with van der Waals surface area (Å²) >= 11 is 5.87. The Morgan fingerprint density at radius 1 is 1.30 bits per heavy atom. The maximum atomic E-state index is 5.87. The molecule has 0 amide bonds. The lowest BCUT2D eigenvalue weighted by molar-refractivity contribution is 0.745. The van der Waals surface area contributed by atoms with Crippen molar-refractivity contribution >= 4 is 17.5 Å². The molecule has 3 rings (SSSR count). The third-order valence-corrected chi connectivity index (χ3v) is 2.53. The molecule has 0 aliphatic heterocycles. The van der Waals surface area contributed by atoms with Crippen LogP contribution in [0.25, 0.3) is 5.95 Å². The number of nitrogens with zero attached hydrogens (tertiary/aromatic N) is 8. The van der Waals surface area contributed by atoms with Gasteiger partial charge in [0.2, 0.25) is 11.2 Å². The van der Waals surface area contributed by atoms with Crippen LogP contribution in [0.4, 0.5) is 5.95 Å². The van der Waals surface area contributed by atoms with E-state index in [1.54, 1.807) is 36.5 Å². The predicted molar refractivity (Wildman–Crippen MR) is 70.3 cm³/mol. The Morgan fingerprint density at radius 2 is 2.20 bits per heavy atom. The van der Waals surface area contributed by atoms with Crippen LogP contribution in [-0.2, 0) is 13.6 Å². The average molecular weight is 292 g/mol. The van der Waals surface area contributed by atoms with Crippen LogP contribution >= 0.6 is 11.6 Å². The van der Waals surface area contributed by atoms with Crippen molar-refractivity contribution in [1.82, 2.24) is 39.5 Å². The molecule has 0 aliphatic carbocycles. The van der Waals surface area contributed by atoms with Gasteiger partial charge in [0, 0.05) is 19.4 Å². The minimum Gasteiger partial charge on any atom is -0.347 e. The van der Waals surface area contributed by atoms with Crippen molar-refractivity contribution in [2.75, 3.05) is 5.32 Å². The van der Waals surface area contributed by atoms with Crippen LogP contribution in [0.2, 0.25) is 5.28 Å². The SMILES string of the molecule is Cn1cnc(CNc2nc(Cl)nc(-n3cccn3)n2)n1. The van der Waals surface area contributed by atoms with E-state index in [1.807, 2.05) is 0 Å². The summed E-state index contributed by atoms with van der Waals surface area (Å²) in [5, 5.41) is 11.3. The summed E-state index contributed by atoms with van der Waals surface area (Å²) in [5.74, 6) is 1.30. The van der Waals surface area contributed by atoms with Crippen molar-refractivity contribution < 1.29 is 0 Å². The molecule has 9 nitrogen and oxygen atoms in total. The van der Waals surface area contributed by atoms with Crippen molar-refractivity contribution in [2.24, 2.45) is 7.05 Å². The lowest BCUT2D eigenvalue weighted by Crippen LogP contribution is -2.10. The number of hydrogen-bond acceptors (Lipinski definition) is 7. The van der Waals surface area contributed by atoms with Gasteiger partial charge < -0.3 is 5.32 Å². The number of halogens is 1. The predicted octanol–water partition coefficient (Wildman–Crippen LogP) is 0.451. The normalized spacial score (nSPS) is 10.7. The minimum atomic E-state index is 0.0852. The molecule has 20 heavy (non-hydrogen) atoms. The number of aryl methyl sites for hydroxylation is 1. The van der Waals surface area contributed by atoms with E-state index in [2.05, 4.69) is 35.5 Å². The first-order chi connectivity index (χ1) is 9.70. The smallest absolute Gasteiger partial charge is 0.256 e. The van der Waals surface area contributed by atoms with E-state index >= 15 is 0 Å². The third-order valence-electron chi connectivity index (χ3n) is 2.36. The Balaban J connectivity index is 1.79. The highest BCUT2D eigenvalue weighted by Crippen LogP contribution is 2.09. The van der Waals surface area contributed by atoms with Gasteiger partial charge in [-0.15, -0.1) is 0 Å². The maximum absolute atomic E-state index is 5.87. The van der Waals surface area contributed by atoms with Gasteiger partial charge in [-0.05, 0) is 17.7 Å². The van der Waals surface area contributed by atoms with Crippen LogP contribution in [0.5, 0.6) is 0 Å². The van der Waals surface area contributed by atoms with Crippen molar-refractivity contribution in [2.45, 2.75) is 6.54 Å². The van der Waals surface area contributed by atoms with Crippen LogP contribution in [0.3, 0.4) is 0 Å². The molecule has 3 aromatic rings. The van der Waals surface area contributed by atoms with Crippen LogP contribution < -0.4 is 5.32 Å². The van der Waals surface area contributed by atoms with Gasteiger partial charge in [-0.1, -0.05) is 0 Å². The van der Waals surface area contributed by atoms with E-state index in [1.165, 1.54) is 4.68 Å². The van der Waals surface area contributed by atoms with Crippen molar-refractivity contribution in [3.8, 4) is 5.95 Å². The highest BCUT2D eigenvalue weighted by atomic mass is 35.5. The van der Waals surface area contributed by atoms with E-state index in [4.69, 9.17) is 11.6 Å². The Bertz CT molecular complexity index is 705. The van der Waals surface area contributed by atoms with Gasteiger partial charge in [0.15, 0.2) is 5.82 Å². The second-order valence-electron chi connectivity index (χ2n) is 3.87. The highest BCUT2D eigenvalue weighted by molar-refractivity contribution is 6.28. The van der Waals surface area contributed by atoms with Crippen LogP contribution in [0.1, 0.15) is 5.82 Å². The Hall–Kier alpha value is -2.55. The zero-order valence-corrected chi connectivity index (χ0v) is 11.2. The molecular weight excluding hydrogens is 282 g/mol. The minimum absolute atomic E-state index is 0.0852. The van der Waals surface area contributed by atoms with Crippen molar-refractivity contribution in [3.63, 3.8) is 0 Å². The van der Waals surface area contributed by atoms with Gasteiger partial charge in [0.25, 0.3) is 5.95 Å². The maximum Gasteiger partial charge on any atom is 0.256 e. The monoisotopic (exact) mass is 291 g/mol. The fourth-order valence-electron chi connectivity index (χ4n) is 1.53. The molecule has 1 N–H and O–H groups in total. The topological polar surface area (TPSA) is 99.2 Å². The summed E-state index contributed by atoms with van der Waals surface area (Å²) in [7, 11) is 1.80. The van der Waals surface area contributed by atoms with Gasteiger partial charge in [-0.25, -0.2) is 9.67 Å². The summed E-state index contributed by atoms with van der Waals surface area (Å²) in [5.41, 5.74) is 0. The van der Waals surface area contributed by atoms with Gasteiger partial charge in [0.05, 0.1) is 6.54 Å². The van der Waals surface area contributed by atoms with Gasteiger partial charge >= 0.3 is 0 Å². The molecule has 3 heterocycles. The summed E-state index contributed by atoms with van der Waals surface area (Å²) in [6, 6.07) is 1.77. The fraction of sp³-hybridized carbons (Fsp3) is 0.200. The molecule has 0 radical (unpaired) electrons. The van der Waals surface area contributed by atoms with Gasteiger partial charge in [-0.2, -0.15) is 25.1 Å². The first kappa shape index (κ1) is 12.5. The summed E-state index contributed by atoms with van der Waals surface area (Å²) in [6.07, 6.45) is 4.96. The zero-order chi connectivity index (χ0) is 13.9. The van der Waals surface area contributed by atoms with Crippen LogP contribution in [-0.4, -0.2) is 39.5 Å². The molecule has 0 atom stereocenters. The Labute approximate surface area is 118 Å². The third kappa shape index (κ3) is 2.72. The highest BCUT2D eigenvalue weighted by Gasteiger charge is 2.07. The average Bonchev–Trinajstić information content (AvgIpc) is 3.07. The molecule has 0 bridgehead atoms. The molecule has 0 aliphatic rings. The molecular formula is C10H10ClN9. The lowest BCUT2D eigenvalue weighted by atomic mass is 10.6. The fourth-order valence-corrected chi connectivity index (χ4v) is 1.69. The second kappa shape index (κ2) is 5.21. The Kier molecular flexibility index (Phi) is 3.25. The summed E-state index contributed by atoms with van der Waals surface area (Å²) < 4.78 is 3.12. The van der Waals surface area contributed by atoms with E-state index in [0.717, 1.165) is 0 Å². The molecule has 10 heteroatoms. The van der Waals surface area contributed by atoms with Gasteiger partial charge in [0.1, 0.15) is 6.33 Å². The summed E-state index contributed by atoms with van der Waals surface area (Å²) in [4.78, 5) is 16.3. The molecule has 3 aromatic heterocycles. The van der Waals surface area contributed by atoms with E-state index in [0.29, 0.717) is 24.3 Å². The zero-order valence-electron chi connectivity index (χ0n) is 10.5. The Morgan fingerprint density at radius 3 is 2.90 bits per heavy atom. The second-order valence-corrected chi connectivity index (χ2v) is 4.20. The molecule has 0 saturated heterocycles. The summed E-state index contributed by atoms with van der Waals surface area (Å²) in [6.45, 7) is 0.389. The number of anilines is 1. The number of nitrogens with one attached hydrogen (secondary N) is 1. The van der Waals surface area contributed by atoms with E-state index < -0.39 is 0 Å². The molecule has 0 spiro atoms. The largest absolute Gasteiger partial charge is 0.347 e. The number of aromatic nitrogens is 8. The van der Waals surface area contributed by atoms with Crippen LogP contribution in [0.15, 0.2) is 24.8 Å². The van der Waals surface area contributed by atoms with E-state index in [-0.39, 0.29) is 5.28 Å². The van der Waals surface area contributed by atoms with Crippen molar-refractivity contribution in [3.05, 3.63) is 35.9 Å². The van der Waals surface area contributed by atoms with Crippen LogP contribution in [0, 0.1) is 0 Å². The quantitative estimate of drug-likeness (QED) is 0.745. The van der Waals surface area contributed by atoms with E-state index in [9.17, 15) is 0 Å². The van der Waals surface area contributed by atoms with Crippen molar-refractivity contribution in [1.29, 1.82) is 0 Å². The molecule has 0 saturated carbocycles. The van der Waals surface area contributed by atoms with Gasteiger partial charge in [-0.3, -0.25) is 4.68 Å². The number of rotatable bonds is 4. The molecule has 0 fully saturated rings. The standard InChI is InChI=1S/C10H10ClN9/c1-19-6-13-7(18-19)5-12-9-15-8(11)16-10(17-9)20-4-2-3-14-20/h2-4,6H,5H2,1H3,(H,12,15,16,17). The lowest BCUT2D eigenvalue weighted by Gasteiger charge is -2.05.